The van der Waals surface area contributed by atoms with Crippen LogP contribution in [-0.4, -0.2) is 38.7 Å². The summed E-state index contributed by atoms with van der Waals surface area (Å²) in [6.45, 7) is 2.44. The van der Waals surface area contributed by atoms with Crippen LogP contribution in [0, 0.1) is 0 Å². The molecule has 1 heterocycles. The Hall–Kier alpha value is -3.22. The van der Waals surface area contributed by atoms with Crippen LogP contribution >= 0.6 is 0 Å². The number of carbonyl (C=O) groups excluding carboxylic acids is 2. The van der Waals surface area contributed by atoms with E-state index in [1.165, 1.54) is 0 Å². The van der Waals surface area contributed by atoms with E-state index in [0.29, 0.717) is 23.7 Å². The number of carbonyl (C=O) groups is 2. The van der Waals surface area contributed by atoms with Crippen molar-refractivity contribution < 1.29 is 19.1 Å². The number of hydrogen-bond acceptors (Lipinski definition) is 4. The van der Waals surface area contributed by atoms with Crippen molar-refractivity contribution in [1.29, 1.82) is 0 Å². The molecule has 1 aliphatic heterocycles. The number of nitrogens with one attached hydrogen (secondary N) is 2. The number of benzene rings is 2. The predicted molar refractivity (Wildman–Crippen MR) is 108 cm³/mol. The van der Waals surface area contributed by atoms with Crippen LogP contribution in [-0.2, 0) is 11.2 Å². The number of para-hydroxylation sites is 1. The summed E-state index contributed by atoms with van der Waals surface area (Å²) in [6, 6.07) is 12.4. The number of aryl methyl sites for hydroxylation is 1. The molecular weight excluding hydrogens is 358 g/mol. The van der Waals surface area contributed by atoms with E-state index in [9.17, 15) is 9.59 Å². The lowest BCUT2D eigenvalue weighted by molar-refractivity contribution is -0.117. The van der Waals surface area contributed by atoms with Crippen molar-refractivity contribution >= 4 is 23.3 Å². The molecule has 28 heavy (non-hydrogen) atoms. The lowest BCUT2D eigenvalue weighted by Crippen LogP contribution is -2.39. The molecule has 2 N–H and O–H groups in total. The van der Waals surface area contributed by atoms with Gasteiger partial charge in [-0.05, 0) is 30.2 Å². The quantitative estimate of drug-likeness (QED) is 0.803. The number of anilines is 2. The average Bonchev–Trinajstić information content (AvgIpc) is 3.07. The van der Waals surface area contributed by atoms with Crippen LogP contribution in [0.3, 0.4) is 0 Å². The first-order valence-electron chi connectivity index (χ1n) is 9.23. The molecule has 0 aromatic heterocycles. The number of nitrogens with zero attached hydrogens (tertiary/aromatic N) is 1. The lowest BCUT2D eigenvalue weighted by atomic mass is 10.1. The highest BCUT2D eigenvalue weighted by molar-refractivity contribution is 5.98. The minimum absolute atomic E-state index is 0.0496. The van der Waals surface area contributed by atoms with Gasteiger partial charge in [0.25, 0.3) is 0 Å². The smallest absolute Gasteiger partial charge is 0.319 e. The van der Waals surface area contributed by atoms with Gasteiger partial charge in [0.05, 0.1) is 20.3 Å². The summed E-state index contributed by atoms with van der Waals surface area (Å²) in [5.74, 6) is 1.10. The fraction of sp³-hybridized carbons (Fsp3) is 0.333. The third-order valence-electron chi connectivity index (χ3n) is 4.79. The van der Waals surface area contributed by atoms with Crippen molar-refractivity contribution in [2.45, 2.75) is 25.8 Å². The highest BCUT2D eigenvalue weighted by Crippen LogP contribution is 2.33. The molecule has 0 bridgehead atoms. The molecule has 3 amide bonds. The van der Waals surface area contributed by atoms with Gasteiger partial charge in [0.1, 0.15) is 0 Å². The van der Waals surface area contributed by atoms with Crippen molar-refractivity contribution in [3.63, 3.8) is 0 Å². The first kappa shape index (κ1) is 19.5. The number of amides is 3. The van der Waals surface area contributed by atoms with Crippen LogP contribution in [0.4, 0.5) is 16.2 Å². The molecule has 7 heteroatoms. The molecule has 2 aromatic carbocycles. The summed E-state index contributed by atoms with van der Waals surface area (Å²) in [7, 11) is 3.12. The molecule has 0 saturated carbocycles. The highest BCUT2D eigenvalue weighted by Gasteiger charge is 2.32. The molecule has 0 aliphatic carbocycles. The fourth-order valence-electron chi connectivity index (χ4n) is 3.34. The highest BCUT2D eigenvalue weighted by atomic mass is 16.5. The number of methoxy groups -OCH3 is 2. The van der Waals surface area contributed by atoms with Gasteiger partial charge in [-0.1, -0.05) is 25.1 Å². The zero-order valence-corrected chi connectivity index (χ0v) is 16.3. The minimum Gasteiger partial charge on any atom is -0.493 e. The van der Waals surface area contributed by atoms with E-state index in [0.717, 1.165) is 17.7 Å². The second kappa shape index (κ2) is 8.65. The van der Waals surface area contributed by atoms with Gasteiger partial charge in [0.2, 0.25) is 5.91 Å². The maximum Gasteiger partial charge on any atom is 0.319 e. The van der Waals surface area contributed by atoms with Crippen molar-refractivity contribution in [2.75, 3.05) is 31.0 Å². The first-order valence-corrected chi connectivity index (χ1v) is 9.23. The summed E-state index contributed by atoms with van der Waals surface area (Å²) in [5, 5.41) is 5.77. The zero-order chi connectivity index (χ0) is 20.1. The molecule has 1 saturated heterocycles. The third-order valence-corrected chi connectivity index (χ3v) is 4.79. The van der Waals surface area contributed by atoms with E-state index >= 15 is 0 Å². The minimum atomic E-state index is -0.312. The van der Waals surface area contributed by atoms with Crippen LogP contribution in [0.25, 0.3) is 0 Å². The zero-order valence-electron chi connectivity index (χ0n) is 16.3. The maximum absolute atomic E-state index is 12.5. The van der Waals surface area contributed by atoms with Crippen LogP contribution in [0.15, 0.2) is 42.5 Å². The SMILES string of the molecule is CCc1ccccc1NC(=O)N[C@H]1CC(=O)N(c2ccc(OC)c(OC)c2)C1. The normalized spacial score (nSPS) is 16.0. The molecule has 0 radical (unpaired) electrons. The largest absolute Gasteiger partial charge is 0.493 e. The van der Waals surface area contributed by atoms with Crippen LogP contribution in [0.2, 0.25) is 0 Å². The van der Waals surface area contributed by atoms with Gasteiger partial charge in [-0.3, -0.25) is 4.79 Å². The summed E-state index contributed by atoms with van der Waals surface area (Å²) in [6.07, 6.45) is 1.07. The number of rotatable bonds is 6. The summed E-state index contributed by atoms with van der Waals surface area (Å²) in [4.78, 5) is 26.5. The molecular formula is C21H25N3O4. The second-order valence-corrected chi connectivity index (χ2v) is 6.55. The Morgan fingerprint density at radius 3 is 2.61 bits per heavy atom. The average molecular weight is 383 g/mol. The van der Waals surface area contributed by atoms with Crippen molar-refractivity contribution in [1.82, 2.24) is 5.32 Å². The molecule has 1 aliphatic rings. The van der Waals surface area contributed by atoms with Gasteiger partial charge in [-0.15, -0.1) is 0 Å². The standard InChI is InChI=1S/C21H25N3O4/c1-4-14-7-5-6-8-17(14)23-21(26)22-15-11-20(25)24(13-15)16-9-10-18(27-2)19(12-16)28-3/h5-10,12,15H,4,11,13H2,1-3H3,(H2,22,23,26)/t15-/m0/s1. The van der Waals surface area contributed by atoms with E-state index in [1.807, 2.05) is 31.2 Å². The molecule has 0 unspecified atom stereocenters. The molecule has 7 nitrogen and oxygen atoms in total. The van der Waals surface area contributed by atoms with Gasteiger partial charge >= 0.3 is 6.03 Å². The molecule has 1 atom stereocenters. The van der Waals surface area contributed by atoms with Crippen LogP contribution in [0.1, 0.15) is 18.9 Å². The van der Waals surface area contributed by atoms with E-state index in [4.69, 9.17) is 9.47 Å². The Morgan fingerprint density at radius 2 is 1.89 bits per heavy atom. The summed E-state index contributed by atoms with van der Waals surface area (Å²) >= 11 is 0. The first-order chi connectivity index (χ1) is 13.5. The van der Waals surface area contributed by atoms with E-state index < -0.39 is 0 Å². The molecule has 2 aromatic rings. The van der Waals surface area contributed by atoms with Crippen molar-refractivity contribution in [3.8, 4) is 11.5 Å². The number of urea groups is 1. The third kappa shape index (κ3) is 4.19. The summed E-state index contributed by atoms with van der Waals surface area (Å²) in [5.41, 5.74) is 2.55. The van der Waals surface area contributed by atoms with E-state index in [1.54, 1.807) is 37.3 Å². The van der Waals surface area contributed by atoms with Gasteiger partial charge in [0.15, 0.2) is 11.5 Å². The predicted octanol–water partition coefficient (Wildman–Crippen LogP) is 3.19. The Bertz CT molecular complexity index is 868. The molecule has 1 fully saturated rings. The second-order valence-electron chi connectivity index (χ2n) is 6.55. The fourth-order valence-corrected chi connectivity index (χ4v) is 3.34. The molecule has 0 spiro atoms. The lowest BCUT2D eigenvalue weighted by Gasteiger charge is -2.19. The van der Waals surface area contributed by atoms with Gasteiger partial charge in [0, 0.05) is 30.4 Å². The van der Waals surface area contributed by atoms with Crippen molar-refractivity contribution in [3.05, 3.63) is 48.0 Å². The van der Waals surface area contributed by atoms with Gasteiger partial charge < -0.3 is 25.0 Å². The van der Waals surface area contributed by atoms with Crippen LogP contribution < -0.4 is 25.0 Å². The van der Waals surface area contributed by atoms with Gasteiger partial charge in [-0.25, -0.2) is 4.79 Å². The molecule has 3 rings (SSSR count). The monoisotopic (exact) mass is 383 g/mol. The molecule has 148 valence electrons. The van der Waals surface area contributed by atoms with E-state index in [2.05, 4.69) is 10.6 Å². The van der Waals surface area contributed by atoms with Crippen LogP contribution in [0.5, 0.6) is 11.5 Å². The Labute approximate surface area is 164 Å². The Balaban J connectivity index is 1.65. The number of hydrogen-bond donors (Lipinski definition) is 2. The van der Waals surface area contributed by atoms with E-state index in [-0.39, 0.29) is 24.4 Å². The Morgan fingerprint density at radius 1 is 1.14 bits per heavy atom. The summed E-state index contributed by atoms with van der Waals surface area (Å²) < 4.78 is 10.5. The maximum atomic E-state index is 12.5. The topological polar surface area (TPSA) is 79.9 Å². The number of ether oxygens (including phenoxy) is 2. The van der Waals surface area contributed by atoms with Crippen molar-refractivity contribution in [2.24, 2.45) is 0 Å². The van der Waals surface area contributed by atoms with Gasteiger partial charge in [-0.2, -0.15) is 0 Å². The Kier molecular flexibility index (Phi) is 6.03.